The van der Waals surface area contributed by atoms with Crippen molar-refractivity contribution in [3.63, 3.8) is 0 Å². The zero-order valence-electron chi connectivity index (χ0n) is 16.8. The highest BCUT2D eigenvalue weighted by Crippen LogP contribution is 2.21. The number of nitrogens with zero attached hydrogens (tertiary/aromatic N) is 3. The number of rotatable bonds is 5. The van der Waals surface area contributed by atoms with E-state index in [0.717, 1.165) is 11.0 Å². The quantitative estimate of drug-likeness (QED) is 0.696. The van der Waals surface area contributed by atoms with E-state index in [1.165, 1.54) is 0 Å². The second-order valence-electron chi connectivity index (χ2n) is 7.39. The van der Waals surface area contributed by atoms with Crippen molar-refractivity contribution in [3.8, 4) is 0 Å². The number of carbonyl (C=O) groups is 2. The standard InChI is InChI=1S/C21H25N5O2/c1-12(2)20(27)24-16-6-8-17(9-7-16)25-21(28)18-10-15-11-22-26(13(3)4)19(15)23-14(18)5/h6-13H,1-5H3,(H,24,27)(H,25,28). The minimum atomic E-state index is -0.233. The van der Waals surface area contributed by atoms with Gasteiger partial charge in [0, 0.05) is 28.7 Å². The van der Waals surface area contributed by atoms with Gasteiger partial charge in [-0.1, -0.05) is 13.8 Å². The maximum absolute atomic E-state index is 12.7. The topological polar surface area (TPSA) is 88.9 Å². The third kappa shape index (κ3) is 4.03. The summed E-state index contributed by atoms with van der Waals surface area (Å²) in [6.07, 6.45) is 1.73. The fourth-order valence-corrected chi connectivity index (χ4v) is 2.80. The van der Waals surface area contributed by atoms with Gasteiger partial charge < -0.3 is 10.6 Å². The Morgan fingerprint density at radius 3 is 2.18 bits per heavy atom. The summed E-state index contributed by atoms with van der Waals surface area (Å²) in [6, 6.07) is 9.04. The highest BCUT2D eigenvalue weighted by molar-refractivity contribution is 6.06. The van der Waals surface area contributed by atoms with Gasteiger partial charge in [-0.25, -0.2) is 9.67 Å². The van der Waals surface area contributed by atoms with Crippen LogP contribution >= 0.6 is 0 Å². The number of aryl methyl sites for hydroxylation is 1. The van der Waals surface area contributed by atoms with Crippen LogP contribution in [-0.2, 0) is 4.79 Å². The van der Waals surface area contributed by atoms with Crippen molar-refractivity contribution in [2.24, 2.45) is 5.92 Å². The number of aromatic nitrogens is 3. The largest absolute Gasteiger partial charge is 0.326 e. The Kier molecular flexibility index (Phi) is 5.44. The predicted octanol–water partition coefficient (Wildman–Crippen LogP) is 4.17. The van der Waals surface area contributed by atoms with Crippen molar-refractivity contribution < 1.29 is 9.59 Å². The molecule has 0 spiro atoms. The summed E-state index contributed by atoms with van der Waals surface area (Å²) in [6.45, 7) is 9.56. The Morgan fingerprint density at radius 1 is 1.00 bits per heavy atom. The lowest BCUT2D eigenvalue weighted by Crippen LogP contribution is -2.18. The monoisotopic (exact) mass is 379 g/mol. The van der Waals surface area contributed by atoms with Crippen LogP contribution in [0.25, 0.3) is 11.0 Å². The molecular weight excluding hydrogens is 354 g/mol. The Morgan fingerprint density at radius 2 is 1.61 bits per heavy atom. The summed E-state index contributed by atoms with van der Waals surface area (Å²) >= 11 is 0. The van der Waals surface area contributed by atoms with E-state index in [1.807, 2.05) is 45.4 Å². The molecule has 0 saturated heterocycles. The van der Waals surface area contributed by atoms with Crippen molar-refractivity contribution in [3.05, 3.63) is 47.8 Å². The first-order chi connectivity index (χ1) is 13.3. The van der Waals surface area contributed by atoms with Crippen molar-refractivity contribution in [2.45, 2.75) is 40.7 Å². The third-order valence-corrected chi connectivity index (χ3v) is 4.43. The van der Waals surface area contributed by atoms with E-state index in [-0.39, 0.29) is 23.8 Å². The molecule has 146 valence electrons. The zero-order chi connectivity index (χ0) is 20.4. The molecule has 0 aliphatic carbocycles. The molecule has 0 aliphatic heterocycles. The van der Waals surface area contributed by atoms with Gasteiger partial charge in [-0.2, -0.15) is 5.10 Å². The SMILES string of the molecule is Cc1nc2c(cnn2C(C)C)cc1C(=O)Nc1ccc(NC(=O)C(C)C)cc1. The van der Waals surface area contributed by atoms with Crippen molar-refractivity contribution in [1.29, 1.82) is 0 Å². The number of pyridine rings is 1. The average Bonchev–Trinajstić information content (AvgIpc) is 3.05. The lowest BCUT2D eigenvalue weighted by molar-refractivity contribution is -0.118. The van der Waals surface area contributed by atoms with Crippen LogP contribution in [-0.4, -0.2) is 26.6 Å². The van der Waals surface area contributed by atoms with Gasteiger partial charge in [0.15, 0.2) is 5.65 Å². The lowest BCUT2D eigenvalue weighted by Gasteiger charge is -2.11. The molecule has 3 rings (SSSR count). The van der Waals surface area contributed by atoms with Crippen LogP contribution in [0.4, 0.5) is 11.4 Å². The Labute approximate surface area is 164 Å². The van der Waals surface area contributed by atoms with Gasteiger partial charge in [-0.3, -0.25) is 9.59 Å². The molecule has 0 saturated carbocycles. The molecule has 0 radical (unpaired) electrons. The van der Waals surface area contributed by atoms with E-state index in [2.05, 4.69) is 20.7 Å². The highest BCUT2D eigenvalue weighted by atomic mass is 16.2. The fraction of sp³-hybridized carbons (Fsp3) is 0.333. The molecule has 28 heavy (non-hydrogen) atoms. The molecule has 0 fully saturated rings. The van der Waals surface area contributed by atoms with Crippen molar-refractivity contribution in [1.82, 2.24) is 14.8 Å². The second kappa shape index (κ2) is 7.80. The first-order valence-corrected chi connectivity index (χ1v) is 9.33. The minimum absolute atomic E-state index is 0.0475. The number of amides is 2. The Hall–Kier alpha value is -3.22. The molecule has 2 heterocycles. The van der Waals surface area contributed by atoms with Crippen LogP contribution in [0.2, 0.25) is 0 Å². The third-order valence-electron chi connectivity index (χ3n) is 4.43. The van der Waals surface area contributed by atoms with Crippen LogP contribution in [0, 0.1) is 12.8 Å². The number of anilines is 2. The molecule has 2 aromatic heterocycles. The maximum atomic E-state index is 12.7. The number of hydrogen-bond donors (Lipinski definition) is 2. The lowest BCUT2D eigenvalue weighted by atomic mass is 10.1. The van der Waals surface area contributed by atoms with Crippen LogP contribution in [0.5, 0.6) is 0 Å². The summed E-state index contributed by atoms with van der Waals surface area (Å²) in [4.78, 5) is 29.1. The molecule has 7 nitrogen and oxygen atoms in total. The van der Waals surface area contributed by atoms with Crippen LogP contribution in [0.3, 0.4) is 0 Å². The van der Waals surface area contributed by atoms with Crippen molar-refractivity contribution >= 4 is 34.2 Å². The van der Waals surface area contributed by atoms with E-state index in [9.17, 15) is 9.59 Å². The molecule has 0 unspecified atom stereocenters. The minimum Gasteiger partial charge on any atom is -0.326 e. The van der Waals surface area contributed by atoms with Crippen LogP contribution in [0.1, 0.15) is 49.8 Å². The van der Waals surface area contributed by atoms with E-state index >= 15 is 0 Å². The number of nitrogens with one attached hydrogen (secondary N) is 2. The summed E-state index contributed by atoms with van der Waals surface area (Å²) in [5.74, 6) is -0.373. The highest BCUT2D eigenvalue weighted by Gasteiger charge is 2.15. The second-order valence-corrected chi connectivity index (χ2v) is 7.39. The van der Waals surface area contributed by atoms with Gasteiger partial charge in [-0.05, 0) is 51.1 Å². The van der Waals surface area contributed by atoms with E-state index < -0.39 is 0 Å². The van der Waals surface area contributed by atoms with Crippen LogP contribution in [0.15, 0.2) is 36.5 Å². The number of hydrogen-bond acceptors (Lipinski definition) is 4. The van der Waals surface area contributed by atoms with Crippen LogP contribution < -0.4 is 10.6 Å². The zero-order valence-corrected chi connectivity index (χ0v) is 16.8. The summed E-state index contributed by atoms with van der Waals surface area (Å²) in [5.41, 5.74) is 3.26. The van der Waals surface area contributed by atoms with Gasteiger partial charge in [0.25, 0.3) is 5.91 Å². The molecular formula is C21H25N5O2. The molecule has 7 heteroatoms. The molecule has 2 amide bonds. The first kappa shape index (κ1) is 19.5. The van der Waals surface area contributed by atoms with Gasteiger partial charge in [-0.15, -0.1) is 0 Å². The summed E-state index contributed by atoms with van der Waals surface area (Å²) in [7, 11) is 0. The molecule has 3 aromatic rings. The maximum Gasteiger partial charge on any atom is 0.257 e. The average molecular weight is 379 g/mol. The van der Waals surface area contributed by atoms with E-state index in [1.54, 1.807) is 30.5 Å². The number of carbonyl (C=O) groups excluding carboxylic acids is 2. The molecule has 0 bridgehead atoms. The van der Waals surface area contributed by atoms with Gasteiger partial charge >= 0.3 is 0 Å². The Balaban J connectivity index is 1.77. The Bertz CT molecular complexity index is 1020. The van der Waals surface area contributed by atoms with E-state index in [4.69, 9.17) is 0 Å². The van der Waals surface area contributed by atoms with Crippen molar-refractivity contribution in [2.75, 3.05) is 10.6 Å². The smallest absolute Gasteiger partial charge is 0.257 e. The molecule has 1 aromatic carbocycles. The normalized spacial score (nSPS) is 11.2. The van der Waals surface area contributed by atoms with Gasteiger partial charge in [0.2, 0.25) is 5.91 Å². The van der Waals surface area contributed by atoms with Gasteiger partial charge in [0.1, 0.15) is 0 Å². The summed E-state index contributed by atoms with van der Waals surface area (Å²) < 4.78 is 1.84. The predicted molar refractivity (Wildman–Crippen MR) is 111 cm³/mol. The first-order valence-electron chi connectivity index (χ1n) is 9.33. The molecule has 2 N–H and O–H groups in total. The number of benzene rings is 1. The number of fused-ring (bicyclic) bond motifs is 1. The molecule has 0 aliphatic rings. The fourth-order valence-electron chi connectivity index (χ4n) is 2.80. The van der Waals surface area contributed by atoms with Gasteiger partial charge in [0.05, 0.1) is 17.5 Å². The summed E-state index contributed by atoms with van der Waals surface area (Å²) in [5, 5.41) is 10.9. The van der Waals surface area contributed by atoms with E-state index in [0.29, 0.717) is 22.6 Å². The molecule has 0 atom stereocenters.